The van der Waals surface area contributed by atoms with Gasteiger partial charge in [-0.3, -0.25) is 38.4 Å². The molecule has 3 heterocycles. The van der Waals surface area contributed by atoms with Crippen LogP contribution in [0.5, 0.6) is 0 Å². The lowest BCUT2D eigenvalue weighted by Crippen LogP contribution is -2.54. The van der Waals surface area contributed by atoms with Crippen molar-refractivity contribution in [2.75, 3.05) is 19.7 Å². The summed E-state index contributed by atoms with van der Waals surface area (Å²) >= 11 is 0. The van der Waals surface area contributed by atoms with Gasteiger partial charge in [0.15, 0.2) is 17.5 Å². The molecule has 4 amide bonds. The molecule has 17 nitrogen and oxygen atoms in total. The topological polar surface area (TPSA) is 260 Å². The van der Waals surface area contributed by atoms with E-state index < -0.39 is 47.2 Å². The van der Waals surface area contributed by atoms with Gasteiger partial charge in [0.25, 0.3) is 0 Å². The quantitative estimate of drug-likeness (QED) is 0.122. The second-order valence-corrected chi connectivity index (χ2v) is 16.4. The molecule has 3 aliphatic rings. The van der Waals surface area contributed by atoms with Crippen molar-refractivity contribution in [3.63, 3.8) is 0 Å². The van der Waals surface area contributed by atoms with Crippen LogP contribution in [-0.2, 0) is 46.7 Å². The van der Waals surface area contributed by atoms with E-state index in [0.717, 1.165) is 32.1 Å². The predicted molar refractivity (Wildman–Crippen MR) is 203 cm³/mol. The molecule has 1 aromatic heterocycles. The van der Waals surface area contributed by atoms with Gasteiger partial charge >= 0.3 is 0 Å². The molecule has 1 aromatic rings. The Morgan fingerprint density at radius 1 is 1.02 bits per heavy atom. The second-order valence-electron chi connectivity index (χ2n) is 16.4. The summed E-state index contributed by atoms with van der Waals surface area (Å²) in [5.41, 5.74) is 16.6. The maximum Gasteiger partial charge on any atom is 0.243 e. The summed E-state index contributed by atoms with van der Waals surface area (Å²) in [6, 6.07) is -2.56. The lowest BCUT2D eigenvalue weighted by atomic mass is 9.76. The number of rotatable bonds is 11. The number of ketones is 2. The Morgan fingerprint density at radius 2 is 1.76 bits per heavy atom. The monoisotopic (exact) mass is 770 g/mol. The fourth-order valence-corrected chi connectivity index (χ4v) is 7.91. The zero-order valence-corrected chi connectivity index (χ0v) is 32.8. The summed E-state index contributed by atoms with van der Waals surface area (Å²) in [7, 11) is 0. The third-order valence-corrected chi connectivity index (χ3v) is 11.1. The number of aliphatic imine (C=N–C) groups is 1. The number of primary amides is 1. The maximum atomic E-state index is 14.4. The van der Waals surface area contributed by atoms with Gasteiger partial charge in [0.05, 0.1) is 37.4 Å². The van der Waals surface area contributed by atoms with E-state index in [0.29, 0.717) is 57.3 Å². The number of fused-ring (bicyclic) bond motifs is 3. The standard InChI is InChI=1S/C38H62N10O7/c1-38(2,3)27(34(39)52)20-30(49)28(13-9-16-42-37(40)41)43-35(53)25-19-31(50)33(24-11-5-4-6-12-24)44-36(54)29-14-10-18-48(29)32(51)15-7-8-17-47-21-26(45-46-47)23-55-22-25/h21,24-25,27-29,33H,4-20,22-23H2,1-3H3,(H2,39,52)(H,43,53)(H,44,54)(H4,40,41,42)/t25-,27+,28-,29-,33-/m0/s1. The molecular formula is C38H62N10O7. The molecule has 2 aliphatic heterocycles. The van der Waals surface area contributed by atoms with Gasteiger partial charge in [-0.1, -0.05) is 45.2 Å². The van der Waals surface area contributed by atoms with Gasteiger partial charge in [0, 0.05) is 44.8 Å². The molecule has 0 aromatic carbocycles. The number of nitrogens with zero attached hydrogens (tertiary/aromatic N) is 5. The van der Waals surface area contributed by atoms with E-state index in [4.69, 9.17) is 21.9 Å². The fourth-order valence-electron chi connectivity index (χ4n) is 7.91. The minimum Gasteiger partial charge on any atom is -0.374 e. The van der Waals surface area contributed by atoms with Crippen LogP contribution >= 0.6 is 0 Å². The Morgan fingerprint density at radius 3 is 2.45 bits per heavy atom. The number of amides is 4. The van der Waals surface area contributed by atoms with Crippen molar-refractivity contribution in [2.45, 2.75) is 142 Å². The van der Waals surface area contributed by atoms with Crippen molar-refractivity contribution in [2.24, 2.45) is 45.4 Å². The molecule has 1 saturated carbocycles. The first kappa shape index (κ1) is 43.3. The normalized spacial score (nSPS) is 23.7. The molecule has 55 heavy (non-hydrogen) atoms. The highest BCUT2D eigenvalue weighted by atomic mass is 16.5. The molecule has 8 N–H and O–H groups in total. The van der Waals surface area contributed by atoms with Gasteiger partial charge in [-0.2, -0.15) is 0 Å². The van der Waals surface area contributed by atoms with Crippen LogP contribution in [0.25, 0.3) is 0 Å². The number of Topliss-reactive ketones (excluding diaryl/α,β-unsaturated/α-hetero) is 2. The van der Waals surface area contributed by atoms with E-state index in [9.17, 15) is 28.8 Å². The molecule has 306 valence electrons. The fraction of sp³-hybridized carbons (Fsp3) is 0.763. The number of ether oxygens (including phenoxy) is 1. The Hall–Kier alpha value is -4.41. The molecule has 2 fully saturated rings. The van der Waals surface area contributed by atoms with E-state index in [1.54, 1.807) is 15.8 Å². The molecule has 1 aliphatic carbocycles. The summed E-state index contributed by atoms with van der Waals surface area (Å²) < 4.78 is 7.67. The maximum absolute atomic E-state index is 14.4. The number of hydrogen-bond acceptors (Lipinski definition) is 10. The highest BCUT2D eigenvalue weighted by Crippen LogP contribution is 2.31. The molecule has 0 radical (unpaired) electrons. The van der Waals surface area contributed by atoms with Crippen molar-refractivity contribution in [1.82, 2.24) is 30.5 Å². The van der Waals surface area contributed by atoms with Gasteiger partial charge in [-0.15, -0.1) is 5.10 Å². The molecular weight excluding hydrogens is 708 g/mol. The Labute approximate surface area is 323 Å². The van der Waals surface area contributed by atoms with Crippen LogP contribution in [-0.4, -0.2) is 98.9 Å². The summed E-state index contributed by atoms with van der Waals surface area (Å²) in [6.07, 6.45) is 8.93. The van der Waals surface area contributed by atoms with Gasteiger partial charge in [-0.25, -0.2) is 0 Å². The summed E-state index contributed by atoms with van der Waals surface area (Å²) in [5, 5.41) is 14.3. The van der Waals surface area contributed by atoms with Crippen LogP contribution in [0, 0.1) is 23.2 Å². The molecule has 2 bridgehead atoms. The minimum atomic E-state index is -1.04. The third-order valence-electron chi connectivity index (χ3n) is 11.1. The number of aromatic nitrogens is 3. The van der Waals surface area contributed by atoms with Crippen molar-refractivity contribution in [1.29, 1.82) is 0 Å². The van der Waals surface area contributed by atoms with Crippen LogP contribution < -0.4 is 27.8 Å². The molecule has 0 unspecified atom stereocenters. The molecule has 4 rings (SSSR count). The number of nitrogens with one attached hydrogen (secondary N) is 2. The zero-order chi connectivity index (χ0) is 40.1. The lowest BCUT2D eigenvalue weighted by Gasteiger charge is -2.33. The first-order valence-electron chi connectivity index (χ1n) is 19.9. The summed E-state index contributed by atoms with van der Waals surface area (Å²) in [5.74, 6) is -4.43. The highest BCUT2D eigenvalue weighted by Gasteiger charge is 2.40. The van der Waals surface area contributed by atoms with Gasteiger partial charge in [-0.05, 0) is 62.7 Å². The number of aryl methyl sites for hydroxylation is 1. The van der Waals surface area contributed by atoms with Gasteiger partial charge in [0.2, 0.25) is 23.6 Å². The third kappa shape index (κ3) is 13.1. The van der Waals surface area contributed by atoms with E-state index in [2.05, 4.69) is 25.9 Å². The Kier molecular flexibility index (Phi) is 16.1. The average Bonchev–Trinajstić information content (AvgIpc) is 3.81. The lowest BCUT2D eigenvalue weighted by molar-refractivity contribution is -0.140. The first-order chi connectivity index (χ1) is 26.1. The first-order valence-corrected chi connectivity index (χ1v) is 19.9. The van der Waals surface area contributed by atoms with Crippen LogP contribution in [0.4, 0.5) is 0 Å². The number of nitrogens with two attached hydrogens (primary N) is 3. The summed E-state index contributed by atoms with van der Waals surface area (Å²) in [6.45, 7) is 6.51. The highest BCUT2D eigenvalue weighted by molar-refractivity contribution is 5.96. The largest absolute Gasteiger partial charge is 0.374 e. The van der Waals surface area contributed by atoms with Crippen molar-refractivity contribution < 1.29 is 33.5 Å². The molecule has 17 heteroatoms. The number of guanidine groups is 1. The van der Waals surface area contributed by atoms with E-state index in [1.807, 2.05) is 20.8 Å². The van der Waals surface area contributed by atoms with Crippen LogP contribution in [0.2, 0.25) is 0 Å². The summed E-state index contributed by atoms with van der Waals surface area (Å²) in [4.78, 5) is 87.6. The van der Waals surface area contributed by atoms with E-state index in [-0.39, 0.29) is 74.3 Å². The minimum absolute atomic E-state index is 0.0165. The van der Waals surface area contributed by atoms with Crippen LogP contribution in [0.3, 0.4) is 0 Å². The van der Waals surface area contributed by atoms with E-state index >= 15 is 0 Å². The Bertz CT molecular complexity index is 1530. The molecule has 1 saturated heterocycles. The van der Waals surface area contributed by atoms with Gasteiger partial charge < -0.3 is 37.5 Å². The number of hydrogen-bond donors (Lipinski definition) is 5. The van der Waals surface area contributed by atoms with Crippen molar-refractivity contribution in [3.8, 4) is 0 Å². The molecule has 5 atom stereocenters. The predicted octanol–water partition coefficient (Wildman–Crippen LogP) is 1.26. The second kappa shape index (κ2) is 20.5. The van der Waals surface area contributed by atoms with Crippen LogP contribution in [0.15, 0.2) is 11.2 Å². The SMILES string of the molecule is CC(C)(C)[C@H](CC(=O)[C@H](CCCN=C(N)N)NC(=O)[C@@H]1COCc2cn(nn2)CCCCC(=O)N2CCC[C@H]2C(=O)N[C@@H](C2CCCCC2)C(=O)C1)C(N)=O. The van der Waals surface area contributed by atoms with Crippen LogP contribution in [0.1, 0.15) is 116 Å². The number of carbonyl (C=O) groups is 6. The zero-order valence-electron chi connectivity index (χ0n) is 32.8. The Balaban J connectivity index is 1.62. The number of carbonyl (C=O) groups excluding carboxylic acids is 6. The molecule has 0 spiro atoms. The smallest absolute Gasteiger partial charge is 0.243 e. The van der Waals surface area contributed by atoms with Crippen molar-refractivity contribution in [3.05, 3.63) is 11.9 Å². The van der Waals surface area contributed by atoms with E-state index in [1.165, 1.54) is 0 Å². The van der Waals surface area contributed by atoms with Crippen molar-refractivity contribution >= 4 is 41.2 Å². The van der Waals surface area contributed by atoms with Gasteiger partial charge in [0.1, 0.15) is 11.7 Å². The average molecular weight is 771 g/mol.